The molecule has 7 aromatic carbocycles. The van der Waals surface area contributed by atoms with Gasteiger partial charge in [-0.05, 0) is 285 Å². The topological polar surface area (TPSA) is 180 Å². The van der Waals surface area contributed by atoms with Gasteiger partial charge in [0, 0.05) is 243 Å². The maximum atomic E-state index is 4.59. The number of nitrogens with zero attached hydrogens (tertiary/aromatic N) is 14. The standard InChI is InChI=1S/C16H16N2.2C14H12N2.4C13H10N2.7C4H10/c1-9-7-13-5-6-14-11(3)17-10(2)8-15(14)16(13)12(4)18-9;1-9-7-13-12(10(2)16-9)4-3-11-5-6-15-8-14(11)13;1-9-7-12-4-3-11-5-6-15-8-13(11)14(12)10(2)16-9;1-9-11-3-2-10-4-6-14-8-13(10)12(11)5-7-15-9;1-9-13-11(5-7-15-9)3-2-10-4-6-14-8-12(10)13;1-9-6-10-2-3-11-7-14-5-4-12(11)13(10)8-15-9;1-9-6-12-11(7-15-9)3-2-10-4-5-14-8-13(10)12;7*1-4(2)3/h5-8H,1-4H3;2*3-8H,1-2H3;4*2-8H,1H3;7*4H,1-3H3. The number of hydrogen-bond donors (Lipinski definition) is 0. The van der Waals surface area contributed by atoms with E-state index in [1.165, 1.54) is 145 Å². The van der Waals surface area contributed by atoms with Crippen molar-refractivity contribution in [1.82, 2.24) is 69.8 Å². The van der Waals surface area contributed by atoms with Gasteiger partial charge in [-0.2, -0.15) is 0 Å². The molecule has 0 aliphatic heterocycles. The highest BCUT2D eigenvalue weighted by Gasteiger charge is 2.13. The first kappa shape index (κ1) is 110. The van der Waals surface area contributed by atoms with Gasteiger partial charge in [-0.25, -0.2) is 0 Å². The number of benzene rings is 7. The molecule has 0 atom stereocenters. The lowest BCUT2D eigenvalue weighted by atomic mass is 10.00. The second-order valence-corrected chi connectivity index (χ2v) is 40.0. The van der Waals surface area contributed by atoms with Crippen molar-refractivity contribution in [2.45, 2.75) is 228 Å². The van der Waals surface area contributed by atoms with Gasteiger partial charge in [-0.3, -0.25) is 69.8 Å². The van der Waals surface area contributed by atoms with Gasteiger partial charge in [0.15, 0.2) is 0 Å². The van der Waals surface area contributed by atoms with Crippen LogP contribution in [0.4, 0.5) is 0 Å². The summed E-state index contributed by atoms with van der Waals surface area (Å²) in [7, 11) is 0. The SMILES string of the molecule is CC(C)C.CC(C)C.CC(C)C.CC(C)C.CC(C)C.CC(C)C.CC(C)C.Cc1cc2c(ccc3cc(C)nc(C)c32)c(C)n1.Cc1cc2c(ccc3ccncc32)c(C)n1.Cc1cc2c(ccc3ccncc32)cn1.Cc1cc2ccc3ccncc3c2c(C)n1.Cc1cc2ccc3cnccc3c2cn1.Cc1nccc2c1ccc1ccncc12.Cc1nccc2ccc3ccncc3c12. The van der Waals surface area contributed by atoms with Gasteiger partial charge in [0.05, 0.1) is 0 Å². The Hall–Kier alpha value is -13.7. The van der Waals surface area contributed by atoms with Crippen LogP contribution in [-0.2, 0) is 0 Å². The van der Waals surface area contributed by atoms with E-state index < -0.39 is 0 Å². The lowest BCUT2D eigenvalue weighted by Crippen LogP contribution is -1.93. The summed E-state index contributed by atoms with van der Waals surface area (Å²) in [6, 6.07) is 58.9. The highest BCUT2D eigenvalue weighted by Crippen LogP contribution is 2.34. The maximum Gasteiger partial charge on any atom is 0.0460 e. The van der Waals surface area contributed by atoms with Crippen LogP contribution < -0.4 is 0 Å². The minimum Gasteiger partial charge on any atom is -0.264 e. The largest absolute Gasteiger partial charge is 0.264 e. The van der Waals surface area contributed by atoms with Crippen molar-refractivity contribution in [3.63, 3.8) is 0 Å². The summed E-state index contributed by atoms with van der Waals surface area (Å²) >= 11 is 0. The summed E-state index contributed by atoms with van der Waals surface area (Å²) in [4.78, 5) is 60.4. The molecule has 0 bridgehead atoms. The summed E-state index contributed by atoms with van der Waals surface area (Å²) in [5.74, 6) is 5.83. The number of fused-ring (bicyclic) bond motifs is 21. The molecule has 21 aromatic rings. The molecular weight excluding hydrogens is 1690 g/mol. The van der Waals surface area contributed by atoms with Gasteiger partial charge in [-0.1, -0.05) is 230 Å². The predicted octanol–water partition coefficient (Wildman–Crippen LogP) is 34.8. The maximum absolute atomic E-state index is 4.59. The minimum absolute atomic E-state index is 0.833. The molecule has 0 amide bonds. The molecule has 14 heteroatoms. The normalized spacial score (nSPS) is 10.7. The number of hydrogen-bond acceptors (Lipinski definition) is 14. The van der Waals surface area contributed by atoms with Gasteiger partial charge in [0.25, 0.3) is 0 Å². The molecule has 14 aromatic heterocycles. The first-order valence-corrected chi connectivity index (χ1v) is 48.8. The van der Waals surface area contributed by atoms with Gasteiger partial charge in [0.1, 0.15) is 0 Å². The molecule has 0 saturated heterocycles. The fourth-order valence-corrected chi connectivity index (χ4v) is 15.1. The molecule has 0 unspecified atom stereocenters. The third-order valence-corrected chi connectivity index (χ3v) is 20.1. The Morgan fingerprint density at radius 2 is 0.406 bits per heavy atom. The van der Waals surface area contributed by atoms with Crippen molar-refractivity contribution in [2.24, 2.45) is 41.4 Å². The summed E-state index contributed by atoms with van der Waals surface area (Å²) in [6.07, 6.45) is 30.0. The number of aromatic nitrogens is 14. The molecule has 0 aliphatic rings. The Kier molecular flexibility index (Phi) is 42.6. The van der Waals surface area contributed by atoms with Gasteiger partial charge in [-0.15, -0.1) is 0 Å². The Balaban J connectivity index is 0.000000189. The Morgan fingerprint density at radius 1 is 0.145 bits per heavy atom. The van der Waals surface area contributed by atoms with Crippen LogP contribution >= 0.6 is 0 Å². The van der Waals surface area contributed by atoms with Crippen LogP contribution in [0.25, 0.3) is 151 Å². The van der Waals surface area contributed by atoms with Crippen molar-refractivity contribution in [3.05, 3.63) is 337 Å². The number of pyridine rings is 14. The summed E-state index contributed by atoms with van der Waals surface area (Å²) < 4.78 is 0. The fourth-order valence-electron chi connectivity index (χ4n) is 15.1. The van der Waals surface area contributed by atoms with Crippen molar-refractivity contribution in [2.75, 3.05) is 0 Å². The van der Waals surface area contributed by atoms with E-state index in [9.17, 15) is 0 Å². The zero-order valence-electron chi connectivity index (χ0n) is 88.7. The van der Waals surface area contributed by atoms with Crippen molar-refractivity contribution in [3.8, 4) is 0 Å². The lowest BCUT2D eigenvalue weighted by molar-refractivity contribution is 0.736. The molecule has 716 valence electrons. The molecular formula is C124H150N14. The third-order valence-electron chi connectivity index (χ3n) is 20.1. The predicted molar refractivity (Wildman–Crippen MR) is 600 cm³/mol. The van der Waals surface area contributed by atoms with E-state index in [4.69, 9.17) is 0 Å². The van der Waals surface area contributed by atoms with Crippen LogP contribution in [0.3, 0.4) is 0 Å². The van der Waals surface area contributed by atoms with E-state index in [1.807, 2.05) is 203 Å². The molecule has 138 heavy (non-hydrogen) atoms. The van der Waals surface area contributed by atoms with E-state index >= 15 is 0 Å². The quantitative estimate of drug-likeness (QED) is 0.131. The second kappa shape index (κ2) is 53.7. The Morgan fingerprint density at radius 3 is 0.877 bits per heavy atom. The monoisotopic (exact) mass is 1840 g/mol. The molecule has 0 saturated carbocycles. The smallest absolute Gasteiger partial charge is 0.0460 e. The van der Waals surface area contributed by atoms with Crippen molar-refractivity contribution in [1.29, 1.82) is 0 Å². The average Bonchev–Trinajstić information content (AvgIpc) is 0.759. The van der Waals surface area contributed by atoms with Gasteiger partial charge < -0.3 is 0 Å². The van der Waals surface area contributed by atoms with Crippen molar-refractivity contribution < 1.29 is 0 Å². The molecule has 0 N–H and O–H groups in total. The molecule has 21 rings (SSSR count). The first-order chi connectivity index (χ1) is 65.6. The van der Waals surface area contributed by atoms with Gasteiger partial charge in [0.2, 0.25) is 0 Å². The molecule has 0 spiro atoms. The van der Waals surface area contributed by atoms with Crippen LogP contribution in [0, 0.1) is 125 Å². The second-order valence-electron chi connectivity index (χ2n) is 40.0. The zero-order chi connectivity index (χ0) is 101. The molecule has 14 nitrogen and oxygen atoms in total. The van der Waals surface area contributed by atoms with Crippen LogP contribution in [0.5, 0.6) is 0 Å². The van der Waals surface area contributed by atoms with Gasteiger partial charge >= 0.3 is 0 Å². The number of rotatable bonds is 0. The summed E-state index contributed by atoms with van der Waals surface area (Å²) in [5.41, 5.74) is 12.8. The highest BCUT2D eigenvalue weighted by molar-refractivity contribution is 6.13. The summed E-state index contributed by atoms with van der Waals surface area (Å²) in [5, 5.41) is 34.1. The Bertz CT molecular complexity index is 7390. The van der Waals surface area contributed by atoms with E-state index in [0.717, 1.165) is 115 Å². The zero-order valence-corrected chi connectivity index (χ0v) is 88.7. The Labute approximate surface area is 822 Å². The first-order valence-electron chi connectivity index (χ1n) is 48.8. The molecule has 0 radical (unpaired) electrons. The average molecular weight is 1840 g/mol. The molecule has 14 heterocycles. The van der Waals surface area contributed by atoms with Crippen LogP contribution in [0.2, 0.25) is 0 Å². The van der Waals surface area contributed by atoms with E-state index in [0.29, 0.717) is 0 Å². The van der Waals surface area contributed by atoms with Crippen LogP contribution in [0.1, 0.15) is 214 Å². The van der Waals surface area contributed by atoms with Crippen LogP contribution in [0.15, 0.2) is 269 Å². The lowest BCUT2D eigenvalue weighted by Gasteiger charge is -2.10. The highest BCUT2D eigenvalue weighted by atomic mass is 14.7. The van der Waals surface area contributed by atoms with E-state index in [-0.39, 0.29) is 0 Å². The third kappa shape index (κ3) is 33.1. The van der Waals surface area contributed by atoms with E-state index in [1.54, 1.807) is 0 Å². The van der Waals surface area contributed by atoms with E-state index in [2.05, 4.69) is 364 Å². The van der Waals surface area contributed by atoms with Crippen molar-refractivity contribution >= 4 is 151 Å². The number of aryl methyl sites for hydroxylation is 12. The molecule has 0 aliphatic carbocycles. The fraction of sp³-hybridized carbons (Fsp3) is 0.323. The summed E-state index contributed by atoms with van der Waals surface area (Å²) in [6.45, 7) is 70.0. The van der Waals surface area contributed by atoms with Crippen LogP contribution in [-0.4, -0.2) is 69.8 Å². The minimum atomic E-state index is 0.833. The molecule has 0 fully saturated rings.